The minimum Gasteiger partial charge on any atom is -0.385 e. The van der Waals surface area contributed by atoms with Crippen molar-refractivity contribution >= 4 is 5.91 Å². The van der Waals surface area contributed by atoms with E-state index in [4.69, 9.17) is 0 Å². The fourth-order valence-electron chi connectivity index (χ4n) is 0.627. The average Bonchev–Trinajstić information content (AvgIpc) is 2.02. The molecular weight excluding hydrogens is 203 g/mol. The van der Waals surface area contributed by atoms with Gasteiger partial charge < -0.3 is 4.74 Å². The van der Waals surface area contributed by atoms with E-state index in [9.17, 15) is 18.0 Å². The second-order valence-corrected chi connectivity index (χ2v) is 2.53. The number of rotatable bonds is 6. The monoisotopic (exact) mass is 215 g/mol. The molecule has 4 nitrogen and oxygen atoms in total. The maximum absolute atomic E-state index is 11.5. The van der Waals surface area contributed by atoms with Crippen molar-refractivity contribution in [3.8, 4) is 0 Å². The Hall–Kier alpha value is -0.820. The molecule has 1 amide bonds. The number of ether oxygens (including phenoxy) is 1. The van der Waals surface area contributed by atoms with E-state index in [0.717, 1.165) is 0 Å². The summed E-state index contributed by atoms with van der Waals surface area (Å²) >= 11 is 0. The van der Waals surface area contributed by atoms with Crippen molar-refractivity contribution in [1.29, 1.82) is 0 Å². The van der Waals surface area contributed by atoms with Gasteiger partial charge in [-0.1, -0.05) is 0 Å². The van der Waals surface area contributed by atoms with Gasteiger partial charge >= 0.3 is 6.18 Å². The molecule has 0 unspecified atom stereocenters. The van der Waals surface area contributed by atoms with Crippen molar-refractivity contribution < 1.29 is 27.5 Å². The molecule has 0 aromatic rings. The molecule has 0 radical (unpaired) electrons. The van der Waals surface area contributed by atoms with Gasteiger partial charge in [-0.2, -0.15) is 13.2 Å². The van der Waals surface area contributed by atoms with Crippen molar-refractivity contribution in [3.05, 3.63) is 0 Å². The van der Waals surface area contributed by atoms with Crippen LogP contribution in [0.25, 0.3) is 0 Å². The zero-order valence-electron chi connectivity index (χ0n) is 7.69. The Labute approximate surface area is 79.3 Å². The van der Waals surface area contributed by atoms with Crippen LogP contribution in [0.1, 0.15) is 12.8 Å². The Morgan fingerprint density at radius 1 is 1.43 bits per heavy atom. The van der Waals surface area contributed by atoms with Crippen molar-refractivity contribution in [2.24, 2.45) is 0 Å². The van der Waals surface area contributed by atoms with E-state index in [1.54, 1.807) is 5.48 Å². The molecule has 0 heterocycles. The van der Waals surface area contributed by atoms with Gasteiger partial charge in [0, 0.05) is 20.1 Å². The van der Waals surface area contributed by atoms with Gasteiger partial charge in [0.2, 0.25) is 5.91 Å². The summed E-state index contributed by atoms with van der Waals surface area (Å²) in [5, 5.41) is 0. The highest BCUT2D eigenvalue weighted by atomic mass is 19.4. The topological polar surface area (TPSA) is 47.6 Å². The van der Waals surface area contributed by atoms with E-state index in [-0.39, 0.29) is 6.42 Å². The number of hydrogen-bond acceptors (Lipinski definition) is 3. The normalized spacial score (nSPS) is 11.4. The van der Waals surface area contributed by atoms with Crippen molar-refractivity contribution in [1.82, 2.24) is 5.48 Å². The van der Waals surface area contributed by atoms with Crippen LogP contribution in [0.15, 0.2) is 0 Å². The van der Waals surface area contributed by atoms with Crippen molar-refractivity contribution in [2.75, 3.05) is 20.3 Å². The lowest BCUT2D eigenvalue weighted by molar-refractivity contribution is -0.191. The van der Waals surface area contributed by atoms with Crippen LogP contribution in [0.2, 0.25) is 0 Å². The molecule has 0 aromatic carbocycles. The summed E-state index contributed by atoms with van der Waals surface area (Å²) in [7, 11) is 1.47. The Morgan fingerprint density at radius 3 is 2.57 bits per heavy atom. The quantitative estimate of drug-likeness (QED) is 0.531. The fourth-order valence-corrected chi connectivity index (χ4v) is 0.627. The van der Waals surface area contributed by atoms with Crippen LogP contribution in [-0.2, 0) is 14.4 Å². The van der Waals surface area contributed by atoms with Gasteiger partial charge in [0.1, 0.15) is 0 Å². The molecule has 7 heteroatoms. The van der Waals surface area contributed by atoms with Gasteiger partial charge in [0.25, 0.3) is 0 Å². The second kappa shape index (κ2) is 6.61. The first-order valence-electron chi connectivity index (χ1n) is 3.92. The van der Waals surface area contributed by atoms with E-state index in [1.807, 2.05) is 0 Å². The van der Waals surface area contributed by atoms with Crippen molar-refractivity contribution in [3.63, 3.8) is 0 Å². The van der Waals surface area contributed by atoms with E-state index in [2.05, 4.69) is 9.57 Å². The number of carbonyl (C=O) groups is 1. The Bertz CT molecular complexity index is 172. The molecule has 0 atom stereocenters. The summed E-state index contributed by atoms with van der Waals surface area (Å²) in [6.45, 7) is -1.10. The molecule has 0 saturated carbocycles. The number of amides is 1. The summed E-state index contributed by atoms with van der Waals surface area (Å²) < 4.78 is 39.2. The minimum absolute atomic E-state index is 0.0751. The van der Waals surface area contributed by atoms with Crippen molar-refractivity contribution in [2.45, 2.75) is 19.0 Å². The standard InChI is InChI=1S/C7H12F3NO3/c1-13-4-2-3-6(12)11-14-5-7(8,9)10/h2-5H2,1H3,(H,11,12). The number of alkyl halides is 3. The first kappa shape index (κ1) is 13.2. The third-order valence-electron chi connectivity index (χ3n) is 1.17. The molecule has 0 saturated heterocycles. The molecular formula is C7H12F3NO3. The van der Waals surface area contributed by atoms with Crippen LogP contribution in [0.5, 0.6) is 0 Å². The maximum Gasteiger partial charge on any atom is 0.414 e. The highest BCUT2D eigenvalue weighted by Gasteiger charge is 2.28. The van der Waals surface area contributed by atoms with Gasteiger partial charge in [-0.25, -0.2) is 5.48 Å². The summed E-state index contributed by atoms with van der Waals surface area (Å²) in [6.07, 6.45) is -3.91. The molecule has 0 bridgehead atoms. The van der Waals surface area contributed by atoms with E-state index < -0.39 is 18.7 Å². The fraction of sp³-hybridized carbons (Fsp3) is 0.857. The molecule has 1 N–H and O–H groups in total. The number of carbonyl (C=O) groups excluding carboxylic acids is 1. The van der Waals surface area contributed by atoms with Crippen LogP contribution in [0, 0.1) is 0 Å². The van der Waals surface area contributed by atoms with Gasteiger partial charge in [-0.15, -0.1) is 0 Å². The Morgan fingerprint density at radius 2 is 2.07 bits per heavy atom. The first-order valence-corrected chi connectivity index (χ1v) is 3.92. The molecule has 0 aliphatic carbocycles. The summed E-state index contributed by atoms with van der Waals surface area (Å²) in [6, 6.07) is 0. The van der Waals surface area contributed by atoms with E-state index >= 15 is 0 Å². The smallest absolute Gasteiger partial charge is 0.385 e. The molecule has 0 rings (SSSR count). The van der Waals surface area contributed by atoms with Gasteiger partial charge in [0.15, 0.2) is 6.61 Å². The summed E-state index contributed by atoms with van der Waals surface area (Å²) in [4.78, 5) is 14.7. The molecule has 0 spiro atoms. The molecule has 0 aromatic heterocycles. The zero-order chi connectivity index (χ0) is 11.0. The van der Waals surface area contributed by atoms with Crippen LogP contribution in [0.4, 0.5) is 13.2 Å². The van der Waals surface area contributed by atoms with Crippen LogP contribution >= 0.6 is 0 Å². The van der Waals surface area contributed by atoms with Gasteiger partial charge in [-0.05, 0) is 6.42 Å². The third kappa shape index (κ3) is 9.27. The Kier molecular flexibility index (Phi) is 6.22. The summed E-state index contributed by atoms with van der Waals surface area (Å²) in [5.41, 5.74) is 1.68. The largest absolute Gasteiger partial charge is 0.414 e. The zero-order valence-corrected chi connectivity index (χ0v) is 7.69. The highest BCUT2D eigenvalue weighted by molar-refractivity contribution is 5.74. The van der Waals surface area contributed by atoms with Crippen LogP contribution < -0.4 is 5.48 Å². The Balaban J connectivity index is 3.36. The van der Waals surface area contributed by atoms with E-state index in [1.165, 1.54) is 7.11 Å². The minimum atomic E-state index is -4.43. The SMILES string of the molecule is COCCCC(=O)NOCC(F)(F)F. The molecule has 0 aliphatic heterocycles. The lowest BCUT2D eigenvalue weighted by atomic mass is 10.3. The van der Waals surface area contributed by atoms with Crippen LogP contribution in [0.3, 0.4) is 0 Å². The summed E-state index contributed by atoms with van der Waals surface area (Å²) in [5.74, 6) is -0.591. The molecule has 84 valence electrons. The maximum atomic E-state index is 11.5. The lowest BCUT2D eigenvalue weighted by Gasteiger charge is -2.07. The number of nitrogens with one attached hydrogen (secondary N) is 1. The molecule has 0 fully saturated rings. The predicted molar refractivity (Wildman–Crippen MR) is 41.3 cm³/mol. The predicted octanol–water partition coefficient (Wildman–Crippen LogP) is 1.02. The average molecular weight is 215 g/mol. The highest BCUT2D eigenvalue weighted by Crippen LogP contribution is 2.13. The third-order valence-corrected chi connectivity index (χ3v) is 1.17. The number of methoxy groups -OCH3 is 1. The number of hydrogen-bond donors (Lipinski definition) is 1. The second-order valence-electron chi connectivity index (χ2n) is 2.53. The number of halogens is 3. The molecule has 14 heavy (non-hydrogen) atoms. The van der Waals surface area contributed by atoms with Gasteiger partial charge in [-0.3, -0.25) is 9.63 Å². The van der Waals surface area contributed by atoms with E-state index in [0.29, 0.717) is 13.0 Å². The molecule has 0 aliphatic rings. The van der Waals surface area contributed by atoms with Crippen LogP contribution in [-0.4, -0.2) is 32.4 Å². The number of hydroxylamine groups is 1. The van der Waals surface area contributed by atoms with Gasteiger partial charge in [0.05, 0.1) is 0 Å². The lowest BCUT2D eigenvalue weighted by Crippen LogP contribution is -2.29. The first-order chi connectivity index (χ1) is 6.45.